The maximum absolute atomic E-state index is 3.75. The first-order chi connectivity index (χ1) is 7.57. The van der Waals surface area contributed by atoms with E-state index in [4.69, 9.17) is 0 Å². The molecule has 0 saturated heterocycles. The second kappa shape index (κ2) is 4.58. The second-order valence-corrected chi connectivity index (χ2v) is 5.90. The van der Waals surface area contributed by atoms with Crippen LogP contribution in [0.2, 0.25) is 0 Å². The molecule has 0 aliphatic heterocycles. The van der Waals surface area contributed by atoms with Crippen LogP contribution in [0.5, 0.6) is 0 Å². The van der Waals surface area contributed by atoms with E-state index in [2.05, 4.69) is 56.4 Å². The standard InChI is InChI=1S/C15H23N/c1-12(13-7-5-4-6-8-13)16-14-9-10-15(2,3)11-14/h4-8,12,14,16H,9-11H2,1-3H3/t12-,14?/m0/s1. The zero-order valence-corrected chi connectivity index (χ0v) is 10.7. The molecule has 0 aromatic heterocycles. The first-order valence-corrected chi connectivity index (χ1v) is 6.38. The second-order valence-electron chi connectivity index (χ2n) is 5.90. The van der Waals surface area contributed by atoms with Crippen molar-refractivity contribution in [1.82, 2.24) is 5.32 Å². The fourth-order valence-corrected chi connectivity index (χ4v) is 2.77. The monoisotopic (exact) mass is 217 g/mol. The first-order valence-electron chi connectivity index (χ1n) is 6.38. The highest BCUT2D eigenvalue weighted by molar-refractivity contribution is 5.18. The molecule has 1 saturated carbocycles. The Morgan fingerprint density at radius 3 is 2.50 bits per heavy atom. The minimum Gasteiger partial charge on any atom is -0.307 e. The topological polar surface area (TPSA) is 12.0 Å². The van der Waals surface area contributed by atoms with Gasteiger partial charge in [-0.05, 0) is 37.2 Å². The van der Waals surface area contributed by atoms with E-state index in [9.17, 15) is 0 Å². The number of nitrogens with one attached hydrogen (secondary N) is 1. The van der Waals surface area contributed by atoms with Gasteiger partial charge in [-0.2, -0.15) is 0 Å². The Morgan fingerprint density at radius 2 is 1.94 bits per heavy atom. The van der Waals surface area contributed by atoms with E-state index in [1.54, 1.807) is 0 Å². The van der Waals surface area contributed by atoms with Crippen molar-refractivity contribution in [2.24, 2.45) is 5.41 Å². The molecule has 2 atom stereocenters. The summed E-state index contributed by atoms with van der Waals surface area (Å²) in [4.78, 5) is 0. The molecule has 1 fully saturated rings. The van der Waals surface area contributed by atoms with Crippen LogP contribution in [-0.4, -0.2) is 6.04 Å². The Bertz CT molecular complexity index is 329. The zero-order valence-electron chi connectivity index (χ0n) is 10.7. The van der Waals surface area contributed by atoms with Gasteiger partial charge in [0.1, 0.15) is 0 Å². The molecule has 0 spiro atoms. The Balaban J connectivity index is 1.91. The molecule has 16 heavy (non-hydrogen) atoms. The van der Waals surface area contributed by atoms with Crippen LogP contribution in [-0.2, 0) is 0 Å². The highest BCUT2D eigenvalue weighted by atomic mass is 15.0. The van der Waals surface area contributed by atoms with Crippen LogP contribution in [0.1, 0.15) is 51.6 Å². The minimum atomic E-state index is 0.472. The molecule has 0 amide bonds. The number of hydrogen-bond donors (Lipinski definition) is 1. The highest BCUT2D eigenvalue weighted by Gasteiger charge is 2.31. The fraction of sp³-hybridized carbons (Fsp3) is 0.600. The lowest BCUT2D eigenvalue weighted by atomic mass is 9.91. The summed E-state index contributed by atoms with van der Waals surface area (Å²) in [5.41, 5.74) is 1.93. The summed E-state index contributed by atoms with van der Waals surface area (Å²) in [6, 6.07) is 11.9. The van der Waals surface area contributed by atoms with Gasteiger partial charge in [0.2, 0.25) is 0 Å². The number of benzene rings is 1. The van der Waals surface area contributed by atoms with Crippen molar-refractivity contribution >= 4 is 0 Å². The zero-order chi connectivity index (χ0) is 11.6. The van der Waals surface area contributed by atoms with Crippen LogP contribution in [0, 0.1) is 5.41 Å². The van der Waals surface area contributed by atoms with Gasteiger partial charge >= 0.3 is 0 Å². The normalized spacial score (nSPS) is 25.6. The minimum absolute atomic E-state index is 0.472. The first kappa shape index (κ1) is 11.7. The van der Waals surface area contributed by atoms with Crippen molar-refractivity contribution in [2.45, 2.75) is 52.1 Å². The molecule has 1 aromatic carbocycles. The van der Waals surface area contributed by atoms with E-state index in [0.717, 1.165) is 0 Å². The summed E-state index contributed by atoms with van der Waals surface area (Å²) >= 11 is 0. The summed E-state index contributed by atoms with van der Waals surface area (Å²) in [5.74, 6) is 0. The lowest BCUT2D eigenvalue weighted by molar-refractivity contribution is 0.356. The Morgan fingerprint density at radius 1 is 1.25 bits per heavy atom. The van der Waals surface area contributed by atoms with E-state index >= 15 is 0 Å². The molecule has 1 nitrogen and oxygen atoms in total. The lowest BCUT2D eigenvalue weighted by Gasteiger charge is -2.22. The van der Waals surface area contributed by atoms with Gasteiger partial charge in [-0.1, -0.05) is 44.2 Å². The molecular weight excluding hydrogens is 194 g/mol. The molecule has 0 bridgehead atoms. The molecule has 1 heteroatoms. The van der Waals surface area contributed by atoms with Gasteiger partial charge in [-0.15, -0.1) is 0 Å². The summed E-state index contributed by atoms with van der Waals surface area (Å²) < 4.78 is 0. The van der Waals surface area contributed by atoms with Gasteiger partial charge in [-0.25, -0.2) is 0 Å². The van der Waals surface area contributed by atoms with Crippen molar-refractivity contribution in [3.8, 4) is 0 Å². The Labute approximate surface area is 99.3 Å². The summed E-state index contributed by atoms with van der Waals surface area (Å²) in [5, 5.41) is 3.75. The molecule has 1 unspecified atom stereocenters. The van der Waals surface area contributed by atoms with Crippen molar-refractivity contribution < 1.29 is 0 Å². The predicted molar refractivity (Wildman–Crippen MR) is 69.4 cm³/mol. The van der Waals surface area contributed by atoms with Crippen LogP contribution in [0.15, 0.2) is 30.3 Å². The van der Waals surface area contributed by atoms with Gasteiger partial charge < -0.3 is 5.32 Å². The largest absolute Gasteiger partial charge is 0.307 e. The van der Waals surface area contributed by atoms with Crippen LogP contribution in [0.4, 0.5) is 0 Å². The quantitative estimate of drug-likeness (QED) is 0.809. The predicted octanol–water partition coefficient (Wildman–Crippen LogP) is 3.92. The average Bonchev–Trinajstić information content (AvgIpc) is 2.59. The van der Waals surface area contributed by atoms with Crippen LogP contribution >= 0.6 is 0 Å². The van der Waals surface area contributed by atoms with Gasteiger partial charge in [0.25, 0.3) is 0 Å². The average molecular weight is 217 g/mol. The maximum atomic E-state index is 3.75. The Kier molecular flexibility index (Phi) is 3.34. The fourth-order valence-electron chi connectivity index (χ4n) is 2.77. The van der Waals surface area contributed by atoms with Crippen molar-refractivity contribution in [1.29, 1.82) is 0 Å². The highest BCUT2D eigenvalue weighted by Crippen LogP contribution is 2.37. The summed E-state index contributed by atoms with van der Waals surface area (Å²) in [7, 11) is 0. The summed E-state index contributed by atoms with van der Waals surface area (Å²) in [6.07, 6.45) is 3.99. The van der Waals surface area contributed by atoms with Gasteiger partial charge in [0, 0.05) is 12.1 Å². The van der Waals surface area contributed by atoms with E-state index < -0.39 is 0 Å². The molecule has 0 radical (unpaired) electrons. The van der Waals surface area contributed by atoms with E-state index in [-0.39, 0.29) is 0 Å². The van der Waals surface area contributed by atoms with E-state index in [1.165, 1.54) is 24.8 Å². The number of hydrogen-bond acceptors (Lipinski definition) is 1. The third kappa shape index (κ3) is 2.85. The van der Waals surface area contributed by atoms with Crippen LogP contribution in [0.25, 0.3) is 0 Å². The molecule has 1 aromatic rings. The van der Waals surface area contributed by atoms with Crippen molar-refractivity contribution in [3.63, 3.8) is 0 Å². The smallest absolute Gasteiger partial charge is 0.0294 e. The van der Waals surface area contributed by atoms with Gasteiger partial charge in [0.05, 0.1) is 0 Å². The molecule has 0 heterocycles. The van der Waals surface area contributed by atoms with E-state index in [1.807, 2.05) is 0 Å². The molecule has 1 N–H and O–H groups in total. The Hall–Kier alpha value is -0.820. The molecule has 1 aliphatic rings. The SMILES string of the molecule is C[C@H](NC1CCC(C)(C)C1)c1ccccc1. The third-order valence-corrected chi connectivity index (χ3v) is 3.75. The molecule has 88 valence electrons. The van der Waals surface area contributed by atoms with Crippen LogP contribution < -0.4 is 5.32 Å². The third-order valence-electron chi connectivity index (χ3n) is 3.75. The lowest BCUT2D eigenvalue weighted by Crippen LogP contribution is -2.30. The van der Waals surface area contributed by atoms with Crippen molar-refractivity contribution in [3.05, 3.63) is 35.9 Å². The van der Waals surface area contributed by atoms with Gasteiger partial charge in [0.15, 0.2) is 0 Å². The van der Waals surface area contributed by atoms with Crippen LogP contribution in [0.3, 0.4) is 0 Å². The number of rotatable bonds is 3. The van der Waals surface area contributed by atoms with Crippen molar-refractivity contribution in [2.75, 3.05) is 0 Å². The van der Waals surface area contributed by atoms with Gasteiger partial charge in [-0.3, -0.25) is 0 Å². The maximum Gasteiger partial charge on any atom is 0.0294 e. The molecule has 1 aliphatic carbocycles. The summed E-state index contributed by atoms with van der Waals surface area (Å²) in [6.45, 7) is 7.02. The molecular formula is C15H23N. The van der Waals surface area contributed by atoms with E-state index in [0.29, 0.717) is 17.5 Å². The molecule has 2 rings (SSSR count).